The number of rotatable bonds is 3. The number of benzene rings is 1. The van der Waals surface area contributed by atoms with Gasteiger partial charge >= 0.3 is 5.97 Å². The molecule has 4 heterocycles. The number of carbonyl (C=O) groups is 1. The minimum absolute atomic E-state index is 0.375. The van der Waals surface area contributed by atoms with Crippen LogP contribution in [0.25, 0.3) is 38.6 Å². The Balaban J connectivity index is 1.62. The molecule has 0 saturated heterocycles. The van der Waals surface area contributed by atoms with Crippen molar-refractivity contribution in [1.82, 2.24) is 29.8 Å². The van der Waals surface area contributed by atoms with E-state index in [2.05, 4.69) is 25.3 Å². The lowest BCUT2D eigenvalue weighted by Crippen LogP contribution is -1.99. The normalized spacial score (nSPS) is 11.4. The van der Waals surface area contributed by atoms with Gasteiger partial charge in [-0.25, -0.2) is 19.3 Å². The molecule has 0 radical (unpaired) electrons. The van der Waals surface area contributed by atoms with Crippen molar-refractivity contribution < 1.29 is 9.53 Å². The minimum Gasteiger partial charge on any atom is -0.465 e. The van der Waals surface area contributed by atoms with Crippen LogP contribution in [0.2, 0.25) is 0 Å². The van der Waals surface area contributed by atoms with Crippen LogP contribution in [0.1, 0.15) is 20.8 Å². The van der Waals surface area contributed by atoms with Crippen LogP contribution in [0.5, 0.6) is 0 Å². The Morgan fingerprint density at radius 2 is 2.00 bits per heavy atom. The van der Waals surface area contributed by atoms with E-state index in [4.69, 9.17) is 4.74 Å². The molecule has 5 aromatic rings. The van der Waals surface area contributed by atoms with Crippen molar-refractivity contribution in [3.8, 4) is 22.8 Å². The Morgan fingerprint density at radius 3 is 2.76 bits per heavy atom. The second-order valence-electron chi connectivity index (χ2n) is 6.71. The summed E-state index contributed by atoms with van der Waals surface area (Å²) < 4.78 is 6.49. The van der Waals surface area contributed by atoms with Crippen LogP contribution in [-0.4, -0.2) is 42.9 Å². The summed E-state index contributed by atoms with van der Waals surface area (Å²) >= 11 is 1.29. The highest BCUT2D eigenvalue weighted by molar-refractivity contribution is 7.20. The van der Waals surface area contributed by atoms with Gasteiger partial charge in [0.05, 0.1) is 18.2 Å². The molecule has 0 unspecified atom stereocenters. The predicted octanol–water partition coefficient (Wildman–Crippen LogP) is 3.80. The van der Waals surface area contributed by atoms with Gasteiger partial charge in [-0.1, -0.05) is 29.8 Å². The quantitative estimate of drug-likeness (QED) is 0.459. The molecule has 1 aromatic carbocycles. The summed E-state index contributed by atoms with van der Waals surface area (Å²) in [6, 6.07) is 10.1. The third-order valence-electron chi connectivity index (χ3n) is 4.80. The maximum Gasteiger partial charge on any atom is 0.348 e. The Morgan fingerprint density at radius 1 is 1.21 bits per heavy atom. The summed E-state index contributed by atoms with van der Waals surface area (Å²) in [5, 5.41) is 12.7. The number of hydrogen-bond acceptors (Lipinski definition) is 7. The highest BCUT2D eigenvalue weighted by Crippen LogP contribution is 2.33. The smallest absolute Gasteiger partial charge is 0.348 e. The van der Waals surface area contributed by atoms with Gasteiger partial charge in [-0.2, -0.15) is 5.10 Å². The number of thiophene rings is 1. The van der Waals surface area contributed by atoms with E-state index in [1.54, 1.807) is 10.8 Å². The summed E-state index contributed by atoms with van der Waals surface area (Å²) in [4.78, 5) is 22.4. The molecule has 0 amide bonds. The number of aromatic amines is 1. The highest BCUT2D eigenvalue weighted by Gasteiger charge is 2.21. The molecule has 0 bridgehead atoms. The predicted molar refractivity (Wildman–Crippen MR) is 110 cm³/mol. The van der Waals surface area contributed by atoms with Crippen molar-refractivity contribution in [2.24, 2.45) is 0 Å². The Bertz CT molecular complexity index is 1380. The monoisotopic (exact) mass is 404 g/mol. The molecule has 9 heteroatoms. The lowest BCUT2D eigenvalue weighted by molar-refractivity contribution is 0.0605. The third kappa shape index (κ3) is 2.78. The van der Waals surface area contributed by atoms with Gasteiger partial charge in [0, 0.05) is 5.56 Å². The first-order valence-corrected chi connectivity index (χ1v) is 9.72. The number of aryl methyl sites for hydroxylation is 2. The number of carbonyl (C=O) groups excluding carboxylic acids is 1. The Hall–Kier alpha value is -3.59. The summed E-state index contributed by atoms with van der Waals surface area (Å²) in [5.41, 5.74) is 5.17. The van der Waals surface area contributed by atoms with Crippen molar-refractivity contribution in [2.45, 2.75) is 13.8 Å². The first kappa shape index (κ1) is 17.5. The van der Waals surface area contributed by atoms with E-state index in [9.17, 15) is 4.79 Å². The average Bonchev–Trinajstić information content (AvgIpc) is 3.44. The van der Waals surface area contributed by atoms with E-state index in [0.29, 0.717) is 22.0 Å². The van der Waals surface area contributed by atoms with Crippen LogP contribution in [-0.2, 0) is 4.74 Å². The fraction of sp³-hybridized carbons (Fsp3) is 0.150. The lowest BCUT2D eigenvalue weighted by atomic mass is 10.1. The number of aromatic nitrogens is 6. The van der Waals surface area contributed by atoms with Gasteiger partial charge in [-0.3, -0.25) is 5.10 Å². The number of fused-ring (bicyclic) bond motifs is 3. The van der Waals surface area contributed by atoms with Gasteiger partial charge in [-0.05, 0) is 25.5 Å². The van der Waals surface area contributed by atoms with E-state index in [0.717, 1.165) is 27.0 Å². The van der Waals surface area contributed by atoms with Crippen LogP contribution in [0.3, 0.4) is 0 Å². The molecule has 0 spiro atoms. The van der Waals surface area contributed by atoms with Gasteiger partial charge in [0.2, 0.25) is 0 Å². The number of esters is 1. The van der Waals surface area contributed by atoms with Crippen LogP contribution in [0.4, 0.5) is 0 Å². The molecule has 0 aliphatic heterocycles. The molecule has 144 valence electrons. The van der Waals surface area contributed by atoms with Crippen molar-refractivity contribution in [3.63, 3.8) is 0 Å². The molecule has 0 saturated carbocycles. The van der Waals surface area contributed by atoms with Gasteiger partial charge in [0.1, 0.15) is 21.7 Å². The molecular weight excluding hydrogens is 388 g/mol. The number of nitrogens with one attached hydrogen (secondary N) is 1. The van der Waals surface area contributed by atoms with Crippen LogP contribution < -0.4 is 0 Å². The highest BCUT2D eigenvalue weighted by atomic mass is 32.1. The minimum atomic E-state index is -0.375. The molecule has 0 fully saturated rings. The summed E-state index contributed by atoms with van der Waals surface area (Å²) in [7, 11) is 1.37. The number of H-pyrrole nitrogens is 1. The van der Waals surface area contributed by atoms with Gasteiger partial charge in [0.25, 0.3) is 0 Å². The lowest BCUT2D eigenvalue weighted by Gasteiger charge is -1.96. The van der Waals surface area contributed by atoms with Crippen LogP contribution in [0.15, 0.2) is 36.7 Å². The Labute approximate surface area is 169 Å². The molecule has 0 atom stereocenters. The van der Waals surface area contributed by atoms with E-state index < -0.39 is 0 Å². The molecule has 4 aromatic heterocycles. The largest absolute Gasteiger partial charge is 0.465 e. The van der Waals surface area contributed by atoms with Crippen molar-refractivity contribution in [1.29, 1.82) is 0 Å². The fourth-order valence-corrected chi connectivity index (χ4v) is 4.31. The summed E-state index contributed by atoms with van der Waals surface area (Å²) in [6.45, 7) is 3.92. The average molecular weight is 404 g/mol. The standard InChI is InChI=1S/C20H16N6O2S/c1-10-4-6-12(7-5-10)13-8-14(24-23-13)17-22-18-15-11(2)16(20(27)28-3)29-19(15)21-9-26(18)25-17/h4-9H,1-3H3,(H,23,24). The second kappa shape index (κ2) is 6.49. The van der Waals surface area contributed by atoms with Crippen LogP contribution in [0, 0.1) is 13.8 Å². The number of ether oxygens (including phenoxy) is 1. The van der Waals surface area contributed by atoms with E-state index >= 15 is 0 Å². The molecule has 0 aliphatic rings. The zero-order valence-corrected chi connectivity index (χ0v) is 16.7. The molecular formula is C20H16N6O2S. The topological polar surface area (TPSA) is 98.1 Å². The van der Waals surface area contributed by atoms with E-state index in [1.807, 2.05) is 44.2 Å². The maximum atomic E-state index is 12.0. The Kier molecular flexibility index (Phi) is 3.92. The molecule has 0 aliphatic carbocycles. The number of nitrogens with zero attached hydrogens (tertiary/aromatic N) is 5. The molecule has 8 nitrogen and oxygen atoms in total. The van der Waals surface area contributed by atoms with Crippen molar-refractivity contribution >= 4 is 33.2 Å². The summed E-state index contributed by atoms with van der Waals surface area (Å²) in [5.74, 6) is 0.134. The van der Waals surface area contributed by atoms with E-state index in [1.165, 1.54) is 24.0 Å². The zero-order valence-electron chi connectivity index (χ0n) is 15.9. The number of methoxy groups -OCH3 is 1. The first-order valence-electron chi connectivity index (χ1n) is 8.91. The van der Waals surface area contributed by atoms with Crippen LogP contribution >= 0.6 is 11.3 Å². The molecule has 5 rings (SSSR count). The van der Waals surface area contributed by atoms with Gasteiger partial charge in [-0.15, -0.1) is 16.4 Å². The first-order chi connectivity index (χ1) is 14.0. The van der Waals surface area contributed by atoms with Gasteiger partial charge in [0.15, 0.2) is 11.5 Å². The SMILES string of the molecule is COC(=O)c1sc2ncn3nc(-c4cc(-c5ccc(C)cc5)n[nH]4)nc3c2c1C. The molecule has 1 N–H and O–H groups in total. The number of hydrogen-bond donors (Lipinski definition) is 1. The summed E-state index contributed by atoms with van der Waals surface area (Å²) in [6.07, 6.45) is 1.60. The van der Waals surface area contributed by atoms with Crippen molar-refractivity contribution in [3.05, 3.63) is 52.7 Å². The maximum absolute atomic E-state index is 12.0. The van der Waals surface area contributed by atoms with Gasteiger partial charge < -0.3 is 4.74 Å². The zero-order chi connectivity index (χ0) is 20.1. The van der Waals surface area contributed by atoms with Crippen molar-refractivity contribution in [2.75, 3.05) is 7.11 Å². The second-order valence-corrected chi connectivity index (χ2v) is 7.71. The fourth-order valence-electron chi connectivity index (χ4n) is 3.24. The third-order valence-corrected chi connectivity index (χ3v) is 5.98. The molecule has 29 heavy (non-hydrogen) atoms. The van der Waals surface area contributed by atoms with E-state index in [-0.39, 0.29) is 5.97 Å².